The molecular formula is C20H25N3O4S. The molecule has 8 heteroatoms. The number of methoxy groups -OCH3 is 1. The summed E-state index contributed by atoms with van der Waals surface area (Å²) >= 11 is 0. The number of amides is 1. The molecule has 1 amide bonds. The molecule has 1 aromatic heterocycles. The zero-order chi connectivity index (χ0) is 20.0. The topological polar surface area (TPSA) is 97.4 Å². The highest BCUT2D eigenvalue weighted by Crippen LogP contribution is 2.24. The normalized spacial score (nSPS) is 15.0. The molecule has 1 saturated carbocycles. The Morgan fingerprint density at radius 1 is 1.18 bits per heavy atom. The Labute approximate surface area is 165 Å². The average Bonchev–Trinajstić information content (AvgIpc) is 2.72. The van der Waals surface area contributed by atoms with Crippen LogP contribution in [0.3, 0.4) is 0 Å². The fraction of sp³-hybridized carbons (Fsp3) is 0.400. The van der Waals surface area contributed by atoms with Crippen molar-refractivity contribution in [3.05, 3.63) is 48.3 Å². The standard InChI is InChI=1S/C20H25N3O4S/c1-27-17-11-16(13-21-14-17)23-28(25,26)19-10-6-5-9-18(19)20(24)22-12-15-7-3-2-4-8-15/h5-6,9-11,13-15,23H,2-4,7-8,12H2,1H3,(H,22,24). The first kappa shape index (κ1) is 20.1. The number of carbonyl (C=O) groups is 1. The molecule has 0 unspecified atom stereocenters. The lowest BCUT2D eigenvalue weighted by Gasteiger charge is -2.22. The van der Waals surface area contributed by atoms with Crippen molar-refractivity contribution in [1.29, 1.82) is 0 Å². The molecule has 1 aliphatic rings. The van der Waals surface area contributed by atoms with Crippen LogP contribution in [0.5, 0.6) is 5.75 Å². The number of ether oxygens (including phenoxy) is 1. The third-order valence-electron chi connectivity index (χ3n) is 4.90. The summed E-state index contributed by atoms with van der Waals surface area (Å²) in [5.74, 6) is 0.511. The minimum absolute atomic E-state index is 0.0704. The lowest BCUT2D eigenvalue weighted by atomic mass is 9.89. The average molecular weight is 404 g/mol. The van der Waals surface area contributed by atoms with Gasteiger partial charge in [0.15, 0.2) is 0 Å². The minimum atomic E-state index is -3.96. The fourth-order valence-corrected chi connectivity index (χ4v) is 4.65. The van der Waals surface area contributed by atoms with E-state index in [9.17, 15) is 13.2 Å². The van der Waals surface area contributed by atoms with Crippen LogP contribution in [0, 0.1) is 5.92 Å². The van der Waals surface area contributed by atoms with E-state index in [1.165, 1.54) is 57.0 Å². The maximum Gasteiger partial charge on any atom is 0.262 e. The van der Waals surface area contributed by atoms with E-state index in [1.54, 1.807) is 12.1 Å². The van der Waals surface area contributed by atoms with Crippen LogP contribution >= 0.6 is 0 Å². The number of rotatable bonds is 7. The first-order valence-corrected chi connectivity index (χ1v) is 10.9. The first-order chi connectivity index (χ1) is 13.5. The Bertz CT molecular complexity index is 925. The molecule has 1 aliphatic carbocycles. The van der Waals surface area contributed by atoms with E-state index in [4.69, 9.17) is 4.74 Å². The van der Waals surface area contributed by atoms with E-state index >= 15 is 0 Å². The van der Waals surface area contributed by atoms with Crippen molar-refractivity contribution in [3.8, 4) is 5.75 Å². The van der Waals surface area contributed by atoms with Crippen LogP contribution < -0.4 is 14.8 Å². The highest BCUT2D eigenvalue weighted by molar-refractivity contribution is 7.92. The van der Waals surface area contributed by atoms with Gasteiger partial charge in [-0.25, -0.2) is 8.42 Å². The summed E-state index contributed by atoms with van der Waals surface area (Å²) in [5, 5.41) is 2.90. The van der Waals surface area contributed by atoms with Gasteiger partial charge in [-0.2, -0.15) is 0 Å². The molecule has 0 saturated heterocycles. The van der Waals surface area contributed by atoms with Gasteiger partial charge in [-0.05, 0) is 30.9 Å². The smallest absolute Gasteiger partial charge is 0.262 e. The number of anilines is 1. The van der Waals surface area contributed by atoms with Crippen LogP contribution in [-0.2, 0) is 10.0 Å². The third-order valence-corrected chi connectivity index (χ3v) is 6.34. The van der Waals surface area contributed by atoms with Gasteiger partial charge in [-0.15, -0.1) is 0 Å². The summed E-state index contributed by atoms with van der Waals surface area (Å²) < 4.78 is 33.3. The Morgan fingerprint density at radius 3 is 2.68 bits per heavy atom. The molecule has 0 atom stereocenters. The Morgan fingerprint density at radius 2 is 1.93 bits per heavy atom. The monoisotopic (exact) mass is 403 g/mol. The summed E-state index contributed by atoms with van der Waals surface area (Å²) in [6.07, 6.45) is 8.68. The van der Waals surface area contributed by atoms with E-state index < -0.39 is 10.0 Å². The van der Waals surface area contributed by atoms with Crippen molar-refractivity contribution in [2.45, 2.75) is 37.0 Å². The van der Waals surface area contributed by atoms with Crippen LogP contribution in [0.4, 0.5) is 5.69 Å². The minimum Gasteiger partial charge on any atom is -0.495 e. The van der Waals surface area contributed by atoms with Crippen molar-refractivity contribution < 1.29 is 17.9 Å². The molecule has 0 spiro atoms. The van der Waals surface area contributed by atoms with E-state index in [-0.39, 0.29) is 22.1 Å². The second kappa shape index (κ2) is 9.05. The molecule has 0 radical (unpaired) electrons. The van der Waals surface area contributed by atoms with Gasteiger partial charge in [-0.1, -0.05) is 31.4 Å². The molecule has 2 aromatic rings. The second-order valence-corrected chi connectivity index (χ2v) is 8.58. The van der Waals surface area contributed by atoms with E-state index in [0.29, 0.717) is 18.2 Å². The highest BCUT2D eigenvalue weighted by atomic mass is 32.2. The second-order valence-electron chi connectivity index (χ2n) is 6.93. The molecule has 1 heterocycles. The molecule has 7 nitrogen and oxygen atoms in total. The Hall–Kier alpha value is -2.61. The molecular weight excluding hydrogens is 378 g/mol. The summed E-state index contributed by atoms with van der Waals surface area (Å²) in [7, 11) is -2.49. The van der Waals surface area contributed by atoms with Gasteiger partial charge in [0.2, 0.25) is 0 Å². The maximum absolute atomic E-state index is 12.9. The van der Waals surface area contributed by atoms with Crippen LogP contribution in [0.25, 0.3) is 0 Å². The summed E-state index contributed by atoms with van der Waals surface area (Å²) in [5.41, 5.74) is 0.387. The molecule has 1 aromatic carbocycles. The van der Waals surface area contributed by atoms with Crippen LogP contribution in [0.15, 0.2) is 47.6 Å². The number of aromatic nitrogens is 1. The van der Waals surface area contributed by atoms with E-state index in [2.05, 4.69) is 15.0 Å². The molecule has 150 valence electrons. The largest absolute Gasteiger partial charge is 0.495 e. The predicted octanol–water partition coefficient (Wildman–Crippen LogP) is 3.20. The number of benzene rings is 1. The van der Waals surface area contributed by atoms with Gasteiger partial charge >= 0.3 is 0 Å². The maximum atomic E-state index is 12.9. The van der Waals surface area contributed by atoms with Crippen molar-refractivity contribution >= 4 is 21.6 Å². The number of carbonyl (C=O) groups excluding carboxylic acids is 1. The Balaban J connectivity index is 1.76. The Kier molecular flexibility index (Phi) is 6.51. The quantitative estimate of drug-likeness (QED) is 0.740. The zero-order valence-electron chi connectivity index (χ0n) is 15.8. The lowest BCUT2D eigenvalue weighted by Crippen LogP contribution is -2.31. The molecule has 2 N–H and O–H groups in total. The van der Waals surface area contributed by atoms with Crippen LogP contribution in [-0.4, -0.2) is 33.0 Å². The lowest BCUT2D eigenvalue weighted by molar-refractivity contribution is 0.0940. The molecule has 3 rings (SSSR count). The van der Waals surface area contributed by atoms with Gasteiger partial charge in [-0.3, -0.25) is 14.5 Å². The van der Waals surface area contributed by atoms with Gasteiger partial charge < -0.3 is 10.1 Å². The van der Waals surface area contributed by atoms with Crippen LogP contribution in [0.2, 0.25) is 0 Å². The SMILES string of the molecule is COc1cncc(NS(=O)(=O)c2ccccc2C(=O)NCC2CCCCC2)c1. The number of pyridine rings is 1. The number of nitrogens with one attached hydrogen (secondary N) is 2. The van der Waals surface area contributed by atoms with Crippen LogP contribution in [0.1, 0.15) is 42.5 Å². The number of hydrogen-bond acceptors (Lipinski definition) is 5. The van der Waals surface area contributed by atoms with Gasteiger partial charge in [0.25, 0.3) is 15.9 Å². The predicted molar refractivity (Wildman–Crippen MR) is 107 cm³/mol. The van der Waals surface area contributed by atoms with Gasteiger partial charge in [0, 0.05) is 12.6 Å². The number of sulfonamides is 1. The summed E-state index contributed by atoms with van der Waals surface area (Å²) in [6, 6.07) is 7.72. The molecule has 1 fully saturated rings. The number of nitrogens with zero attached hydrogens (tertiary/aromatic N) is 1. The molecule has 0 bridgehead atoms. The van der Waals surface area contributed by atoms with Crippen molar-refractivity contribution in [3.63, 3.8) is 0 Å². The van der Waals surface area contributed by atoms with E-state index in [1.807, 2.05) is 0 Å². The van der Waals surface area contributed by atoms with E-state index in [0.717, 1.165) is 12.8 Å². The summed E-state index contributed by atoms with van der Waals surface area (Å²) in [6.45, 7) is 0.570. The van der Waals surface area contributed by atoms with Gasteiger partial charge in [0.05, 0.1) is 30.8 Å². The number of hydrogen-bond donors (Lipinski definition) is 2. The highest BCUT2D eigenvalue weighted by Gasteiger charge is 2.23. The fourth-order valence-electron chi connectivity index (χ4n) is 3.41. The molecule has 0 aliphatic heterocycles. The first-order valence-electron chi connectivity index (χ1n) is 9.38. The van der Waals surface area contributed by atoms with Crippen molar-refractivity contribution in [2.75, 3.05) is 18.4 Å². The van der Waals surface area contributed by atoms with Crippen molar-refractivity contribution in [2.24, 2.45) is 5.92 Å². The molecule has 28 heavy (non-hydrogen) atoms. The third kappa shape index (κ3) is 5.01. The van der Waals surface area contributed by atoms with Gasteiger partial charge in [0.1, 0.15) is 10.6 Å². The summed E-state index contributed by atoms with van der Waals surface area (Å²) in [4.78, 5) is 16.5. The zero-order valence-corrected chi connectivity index (χ0v) is 16.7. The van der Waals surface area contributed by atoms with Crippen molar-refractivity contribution in [1.82, 2.24) is 10.3 Å².